The van der Waals surface area contributed by atoms with E-state index < -0.39 is 0 Å². The first kappa shape index (κ1) is 15.5. The Bertz CT molecular complexity index is 868. The molecule has 0 bridgehead atoms. The van der Waals surface area contributed by atoms with Crippen LogP contribution in [0, 0.1) is 0 Å². The molecule has 0 aliphatic rings. The van der Waals surface area contributed by atoms with Crippen LogP contribution in [0.15, 0.2) is 36.5 Å². The topological polar surface area (TPSA) is 64.5 Å². The van der Waals surface area contributed by atoms with Gasteiger partial charge < -0.3 is 14.6 Å². The lowest BCUT2D eigenvalue weighted by molar-refractivity contribution is 0.277. The number of hydrogen-bond donors (Lipinski definition) is 1. The first-order valence-electron chi connectivity index (χ1n) is 6.94. The third-order valence-electron chi connectivity index (χ3n) is 3.55. The highest BCUT2D eigenvalue weighted by molar-refractivity contribution is 6.29. The summed E-state index contributed by atoms with van der Waals surface area (Å²) >= 11 is 5.99. The highest BCUT2D eigenvalue weighted by Crippen LogP contribution is 2.36. The van der Waals surface area contributed by atoms with Crippen molar-refractivity contribution < 1.29 is 14.6 Å². The number of fused-ring (bicyclic) bond motifs is 1. The number of pyridine rings is 2. The second-order valence-electron chi connectivity index (χ2n) is 4.92. The highest BCUT2D eigenvalue weighted by Gasteiger charge is 2.13. The Hall–Kier alpha value is -2.37. The van der Waals surface area contributed by atoms with Crippen molar-refractivity contribution in [3.8, 4) is 22.8 Å². The summed E-state index contributed by atoms with van der Waals surface area (Å²) in [7, 11) is 3.17. The number of rotatable bonds is 4. The number of hydrogen-bond acceptors (Lipinski definition) is 5. The molecule has 0 saturated carbocycles. The van der Waals surface area contributed by atoms with Crippen molar-refractivity contribution in [2.24, 2.45) is 0 Å². The van der Waals surface area contributed by atoms with Gasteiger partial charge in [0.1, 0.15) is 5.15 Å². The van der Waals surface area contributed by atoms with Gasteiger partial charge >= 0.3 is 0 Å². The third kappa shape index (κ3) is 2.93. The summed E-state index contributed by atoms with van der Waals surface area (Å²) in [5.41, 5.74) is 2.09. The van der Waals surface area contributed by atoms with Crippen LogP contribution < -0.4 is 9.47 Å². The molecule has 0 saturated heterocycles. The molecular formula is C17H15ClN2O3. The van der Waals surface area contributed by atoms with Crippen LogP contribution in [-0.2, 0) is 6.61 Å². The van der Waals surface area contributed by atoms with Crippen molar-refractivity contribution in [2.75, 3.05) is 14.2 Å². The SMILES string of the molecule is COc1cc2cc(CO)nc(-c3ccnc(Cl)c3)c2cc1OC. The maximum Gasteiger partial charge on any atom is 0.161 e. The monoisotopic (exact) mass is 330 g/mol. The molecule has 0 spiro atoms. The van der Waals surface area contributed by atoms with Crippen LogP contribution in [0.3, 0.4) is 0 Å². The summed E-state index contributed by atoms with van der Waals surface area (Å²) < 4.78 is 10.7. The molecule has 5 nitrogen and oxygen atoms in total. The van der Waals surface area contributed by atoms with E-state index in [1.165, 1.54) is 0 Å². The van der Waals surface area contributed by atoms with Gasteiger partial charge in [0.2, 0.25) is 0 Å². The van der Waals surface area contributed by atoms with E-state index in [1.54, 1.807) is 26.5 Å². The van der Waals surface area contributed by atoms with Crippen LogP contribution in [0.4, 0.5) is 0 Å². The Labute approximate surface area is 138 Å². The number of ether oxygens (including phenoxy) is 2. The van der Waals surface area contributed by atoms with Crippen LogP contribution in [0.25, 0.3) is 22.0 Å². The van der Waals surface area contributed by atoms with Gasteiger partial charge in [-0.3, -0.25) is 0 Å². The molecule has 6 heteroatoms. The molecule has 1 N–H and O–H groups in total. The van der Waals surface area contributed by atoms with Crippen molar-refractivity contribution in [3.63, 3.8) is 0 Å². The van der Waals surface area contributed by atoms with Gasteiger partial charge in [-0.25, -0.2) is 9.97 Å². The minimum absolute atomic E-state index is 0.157. The molecule has 0 atom stereocenters. The van der Waals surface area contributed by atoms with Crippen LogP contribution in [0.1, 0.15) is 5.69 Å². The van der Waals surface area contributed by atoms with Gasteiger partial charge in [-0.2, -0.15) is 0 Å². The lowest BCUT2D eigenvalue weighted by atomic mass is 10.0. The first-order chi connectivity index (χ1) is 11.2. The van der Waals surface area contributed by atoms with Gasteiger partial charge in [-0.15, -0.1) is 0 Å². The fourth-order valence-electron chi connectivity index (χ4n) is 2.49. The summed E-state index contributed by atoms with van der Waals surface area (Å²) in [6.45, 7) is -0.157. The predicted molar refractivity (Wildman–Crippen MR) is 89.0 cm³/mol. The lowest BCUT2D eigenvalue weighted by Gasteiger charge is -2.13. The molecule has 0 aliphatic carbocycles. The van der Waals surface area contributed by atoms with E-state index in [-0.39, 0.29) is 6.61 Å². The smallest absolute Gasteiger partial charge is 0.161 e. The number of methoxy groups -OCH3 is 2. The van der Waals surface area contributed by atoms with E-state index in [4.69, 9.17) is 21.1 Å². The van der Waals surface area contributed by atoms with Crippen molar-refractivity contribution in [1.29, 1.82) is 0 Å². The average Bonchev–Trinajstić information content (AvgIpc) is 2.59. The fraction of sp³-hybridized carbons (Fsp3) is 0.176. The zero-order valence-electron chi connectivity index (χ0n) is 12.7. The summed E-state index contributed by atoms with van der Waals surface area (Å²) in [6, 6.07) is 9.11. The first-order valence-corrected chi connectivity index (χ1v) is 7.32. The maximum atomic E-state index is 9.49. The highest BCUT2D eigenvalue weighted by atomic mass is 35.5. The Morgan fingerprint density at radius 2 is 1.83 bits per heavy atom. The van der Waals surface area contributed by atoms with Gasteiger partial charge in [-0.1, -0.05) is 11.6 Å². The van der Waals surface area contributed by atoms with E-state index >= 15 is 0 Å². The van der Waals surface area contributed by atoms with Crippen LogP contribution >= 0.6 is 11.6 Å². The standard InChI is InChI=1S/C17H15ClN2O3/c1-22-14-6-11-5-12(9-21)20-17(13(11)8-15(14)23-2)10-3-4-19-16(18)7-10/h3-8,21H,9H2,1-2H3. The van der Waals surface area contributed by atoms with Crippen LogP contribution in [0.5, 0.6) is 11.5 Å². The van der Waals surface area contributed by atoms with E-state index in [0.29, 0.717) is 28.0 Å². The Morgan fingerprint density at radius 3 is 2.48 bits per heavy atom. The normalized spacial score (nSPS) is 10.8. The zero-order valence-corrected chi connectivity index (χ0v) is 13.5. The molecule has 1 aromatic carbocycles. The lowest BCUT2D eigenvalue weighted by Crippen LogP contribution is -1.97. The summed E-state index contributed by atoms with van der Waals surface area (Å²) in [5.74, 6) is 1.23. The second-order valence-corrected chi connectivity index (χ2v) is 5.30. The Morgan fingerprint density at radius 1 is 1.09 bits per heavy atom. The molecule has 23 heavy (non-hydrogen) atoms. The average molecular weight is 331 g/mol. The molecule has 2 heterocycles. The molecule has 2 aromatic heterocycles. The molecule has 118 valence electrons. The van der Waals surface area contributed by atoms with Crippen LogP contribution in [0.2, 0.25) is 5.15 Å². The molecule has 3 aromatic rings. The molecule has 0 aliphatic heterocycles. The molecule has 0 unspecified atom stereocenters. The minimum Gasteiger partial charge on any atom is -0.493 e. The van der Waals surface area contributed by atoms with Crippen molar-refractivity contribution in [1.82, 2.24) is 9.97 Å². The van der Waals surface area contributed by atoms with E-state index in [9.17, 15) is 5.11 Å². The molecule has 3 rings (SSSR count). The number of halogens is 1. The van der Waals surface area contributed by atoms with Gasteiger partial charge in [0.05, 0.1) is 32.2 Å². The van der Waals surface area contributed by atoms with E-state index in [0.717, 1.165) is 16.3 Å². The van der Waals surface area contributed by atoms with Crippen molar-refractivity contribution >= 4 is 22.4 Å². The summed E-state index contributed by atoms with van der Waals surface area (Å²) in [5, 5.41) is 11.6. The molecule has 0 radical (unpaired) electrons. The molecule has 0 amide bonds. The number of benzene rings is 1. The van der Waals surface area contributed by atoms with Gasteiger partial charge in [0, 0.05) is 17.1 Å². The quantitative estimate of drug-likeness (QED) is 0.742. The van der Waals surface area contributed by atoms with E-state index in [1.807, 2.05) is 24.3 Å². The minimum atomic E-state index is -0.157. The molecule has 0 fully saturated rings. The van der Waals surface area contributed by atoms with Crippen LogP contribution in [-0.4, -0.2) is 29.3 Å². The Balaban J connectivity index is 2.34. The third-order valence-corrected chi connectivity index (χ3v) is 3.76. The number of nitrogens with zero attached hydrogens (tertiary/aromatic N) is 2. The number of aromatic nitrogens is 2. The second kappa shape index (κ2) is 6.40. The predicted octanol–water partition coefficient (Wildman–Crippen LogP) is 3.46. The van der Waals surface area contributed by atoms with E-state index in [2.05, 4.69) is 9.97 Å². The zero-order chi connectivity index (χ0) is 16.4. The summed E-state index contributed by atoms with van der Waals surface area (Å²) in [6.07, 6.45) is 1.62. The Kier molecular flexibility index (Phi) is 4.32. The summed E-state index contributed by atoms with van der Waals surface area (Å²) in [4.78, 5) is 8.52. The number of aliphatic hydroxyl groups excluding tert-OH is 1. The largest absolute Gasteiger partial charge is 0.493 e. The molecular weight excluding hydrogens is 316 g/mol. The van der Waals surface area contributed by atoms with Crippen molar-refractivity contribution in [2.45, 2.75) is 6.61 Å². The van der Waals surface area contributed by atoms with Crippen molar-refractivity contribution in [3.05, 3.63) is 47.4 Å². The maximum absolute atomic E-state index is 9.49. The van der Waals surface area contributed by atoms with Gasteiger partial charge in [-0.05, 0) is 35.7 Å². The van der Waals surface area contributed by atoms with Gasteiger partial charge in [0.25, 0.3) is 0 Å². The van der Waals surface area contributed by atoms with Gasteiger partial charge in [0.15, 0.2) is 11.5 Å². The number of aliphatic hydroxyl groups is 1. The fourth-order valence-corrected chi connectivity index (χ4v) is 2.66.